The van der Waals surface area contributed by atoms with Crippen LogP contribution in [0.1, 0.15) is 12.8 Å². The number of carbonyl (C=O) groups excluding carboxylic acids is 1. The average molecular weight is 434 g/mol. The minimum absolute atomic E-state index is 0.192. The molecule has 5 rings (SSSR count). The number of ether oxygens (including phenoxy) is 2. The van der Waals surface area contributed by atoms with Crippen molar-refractivity contribution in [3.63, 3.8) is 0 Å². The zero-order chi connectivity index (χ0) is 22.1. The van der Waals surface area contributed by atoms with E-state index < -0.39 is 0 Å². The highest BCUT2D eigenvalue weighted by atomic mass is 16.5. The van der Waals surface area contributed by atoms with Crippen molar-refractivity contribution < 1.29 is 14.3 Å². The van der Waals surface area contributed by atoms with E-state index in [2.05, 4.69) is 27.0 Å². The Hall–Kier alpha value is -3.26. The number of rotatable bonds is 6. The molecule has 1 aliphatic heterocycles. The number of fused-ring (bicyclic) bond motifs is 1. The van der Waals surface area contributed by atoms with Crippen molar-refractivity contribution in [1.82, 2.24) is 19.9 Å². The highest BCUT2D eigenvalue weighted by Crippen LogP contribution is 2.32. The van der Waals surface area contributed by atoms with E-state index in [1.165, 1.54) is 0 Å². The summed E-state index contributed by atoms with van der Waals surface area (Å²) in [6.45, 7) is 2.02. The van der Waals surface area contributed by atoms with Crippen LogP contribution >= 0.6 is 0 Å². The molecule has 1 aliphatic carbocycles. The van der Waals surface area contributed by atoms with Crippen LogP contribution in [-0.4, -0.2) is 72.3 Å². The molecule has 1 saturated carbocycles. The molecule has 0 unspecified atom stereocenters. The van der Waals surface area contributed by atoms with Crippen LogP contribution in [0.4, 0.5) is 5.69 Å². The van der Waals surface area contributed by atoms with Crippen molar-refractivity contribution in [3.05, 3.63) is 42.7 Å². The molecule has 2 aliphatic rings. The molecule has 166 valence electrons. The van der Waals surface area contributed by atoms with Gasteiger partial charge in [0.2, 0.25) is 11.8 Å². The quantitative estimate of drug-likeness (QED) is 0.591. The molecule has 3 heterocycles. The lowest BCUT2D eigenvalue weighted by molar-refractivity contribution is -0.141. The third-order valence-electron chi connectivity index (χ3n) is 5.89. The maximum atomic E-state index is 12.4. The van der Waals surface area contributed by atoms with Gasteiger partial charge in [0, 0.05) is 50.2 Å². The smallest absolute Gasteiger partial charge is 0.242 e. The summed E-state index contributed by atoms with van der Waals surface area (Å²) in [4.78, 5) is 30.0. The first-order chi connectivity index (χ1) is 15.6. The Labute approximate surface area is 187 Å². The number of benzene rings is 1. The van der Waals surface area contributed by atoms with Gasteiger partial charge < -0.3 is 19.3 Å². The third-order valence-corrected chi connectivity index (χ3v) is 5.89. The monoisotopic (exact) mass is 433 g/mol. The number of aromatic nitrogens is 3. The zero-order valence-corrected chi connectivity index (χ0v) is 18.4. The van der Waals surface area contributed by atoms with Crippen molar-refractivity contribution in [2.24, 2.45) is 5.92 Å². The number of carbonyl (C=O) groups is 1. The molecule has 0 spiro atoms. The second kappa shape index (κ2) is 8.70. The number of amides is 1. The van der Waals surface area contributed by atoms with Crippen molar-refractivity contribution in [2.75, 3.05) is 45.3 Å². The van der Waals surface area contributed by atoms with E-state index in [1.807, 2.05) is 37.2 Å². The van der Waals surface area contributed by atoms with Gasteiger partial charge in [0.25, 0.3) is 0 Å². The lowest BCUT2D eigenvalue weighted by Gasteiger charge is -2.32. The maximum absolute atomic E-state index is 12.4. The highest BCUT2D eigenvalue weighted by Gasteiger charge is 2.35. The Bertz CT molecular complexity index is 1110. The van der Waals surface area contributed by atoms with E-state index in [-0.39, 0.29) is 17.9 Å². The Morgan fingerprint density at radius 3 is 2.72 bits per heavy atom. The van der Waals surface area contributed by atoms with Crippen LogP contribution in [0.3, 0.4) is 0 Å². The fraction of sp³-hybridized carbons (Fsp3) is 0.417. The van der Waals surface area contributed by atoms with Gasteiger partial charge in [-0.3, -0.25) is 9.78 Å². The normalized spacial score (nSPS) is 18.6. The van der Waals surface area contributed by atoms with Gasteiger partial charge in [0.15, 0.2) is 5.52 Å². The lowest BCUT2D eigenvalue weighted by Crippen LogP contribution is -2.48. The van der Waals surface area contributed by atoms with Gasteiger partial charge in [-0.25, -0.2) is 9.97 Å². The van der Waals surface area contributed by atoms with Gasteiger partial charge in [-0.1, -0.05) is 12.1 Å². The Morgan fingerprint density at radius 1 is 1.19 bits per heavy atom. The summed E-state index contributed by atoms with van der Waals surface area (Å²) in [6, 6.07) is 10.1. The van der Waals surface area contributed by atoms with Crippen LogP contribution in [-0.2, 0) is 9.53 Å². The number of hydrogen-bond acceptors (Lipinski definition) is 7. The van der Waals surface area contributed by atoms with Crippen LogP contribution < -0.4 is 9.64 Å². The van der Waals surface area contributed by atoms with E-state index in [0.717, 1.165) is 35.3 Å². The minimum atomic E-state index is -0.192. The molecule has 2 fully saturated rings. The zero-order valence-electron chi connectivity index (χ0n) is 18.4. The van der Waals surface area contributed by atoms with Gasteiger partial charge >= 0.3 is 0 Å². The summed E-state index contributed by atoms with van der Waals surface area (Å²) in [5.74, 6) is 0.888. The molecule has 8 nitrogen and oxygen atoms in total. The first-order valence-electron chi connectivity index (χ1n) is 11.0. The second-order valence-electron chi connectivity index (χ2n) is 8.54. The molecule has 1 saturated heterocycles. The SMILES string of the molecule is CN(C)c1ccc(-c2cc3nccnc3c(OC[C@@H]3CN(C(=O)C4CC4)CCO3)n2)cc1. The lowest BCUT2D eigenvalue weighted by atomic mass is 10.1. The van der Waals surface area contributed by atoms with Gasteiger partial charge in [-0.05, 0) is 31.0 Å². The predicted octanol–water partition coefficient (Wildman–Crippen LogP) is 2.77. The first kappa shape index (κ1) is 20.6. The summed E-state index contributed by atoms with van der Waals surface area (Å²) in [5, 5.41) is 0. The first-order valence-corrected chi connectivity index (χ1v) is 11.0. The van der Waals surface area contributed by atoms with E-state index in [4.69, 9.17) is 14.5 Å². The largest absolute Gasteiger partial charge is 0.473 e. The van der Waals surface area contributed by atoms with Crippen LogP contribution in [0.2, 0.25) is 0 Å². The molecule has 0 radical (unpaired) electrons. The molecule has 0 bridgehead atoms. The number of hydrogen-bond donors (Lipinski definition) is 0. The summed E-state index contributed by atoms with van der Waals surface area (Å²) >= 11 is 0. The Morgan fingerprint density at radius 2 is 1.97 bits per heavy atom. The van der Waals surface area contributed by atoms with E-state index in [1.54, 1.807) is 12.4 Å². The molecular weight excluding hydrogens is 406 g/mol. The Balaban J connectivity index is 1.36. The van der Waals surface area contributed by atoms with Gasteiger partial charge in [-0.2, -0.15) is 0 Å². The number of anilines is 1. The van der Waals surface area contributed by atoms with Gasteiger partial charge in [0.1, 0.15) is 12.7 Å². The van der Waals surface area contributed by atoms with Crippen LogP contribution in [0, 0.1) is 5.92 Å². The molecular formula is C24H27N5O3. The van der Waals surface area contributed by atoms with Gasteiger partial charge in [-0.15, -0.1) is 0 Å². The highest BCUT2D eigenvalue weighted by molar-refractivity contribution is 5.83. The number of morpholine rings is 1. The molecule has 0 N–H and O–H groups in total. The van der Waals surface area contributed by atoms with E-state index in [0.29, 0.717) is 37.7 Å². The van der Waals surface area contributed by atoms with Crippen LogP contribution in [0.5, 0.6) is 5.88 Å². The fourth-order valence-electron chi connectivity index (χ4n) is 3.90. The molecule has 8 heteroatoms. The summed E-state index contributed by atoms with van der Waals surface area (Å²) in [5.41, 5.74) is 4.20. The number of nitrogens with zero attached hydrogens (tertiary/aromatic N) is 5. The second-order valence-corrected chi connectivity index (χ2v) is 8.54. The van der Waals surface area contributed by atoms with Crippen molar-refractivity contribution in [3.8, 4) is 17.1 Å². The molecule has 32 heavy (non-hydrogen) atoms. The maximum Gasteiger partial charge on any atom is 0.242 e. The predicted molar refractivity (Wildman–Crippen MR) is 122 cm³/mol. The van der Waals surface area contributed by atoms with Crippen LogP contribution in [0.15, 0.2) is 42.7 Å². The van der Waals surface area contributed by atoms with E-state index >= 15 is 0 Å². The van der Waals surface area contributed by atoms with Crippen molar-refractivity contribution in [1.29, 1.82) is 0 Å². The third kappa shape index (κ3) is 4.36. The summed E-state index contributed by atoms with van der Waals surface area (Å²) < 4.78 is 12.0. The van der Waals surface area contributed by atoms with Crippen LogP contribution in [0.25, 0.3) is 22.3 Å². The summed E-state index contributed by atoms with van der Waals surface area (Å²) in [6.07, 6.45) is 5.12. The molecule has 1 amide bonds. The molecule has 3 aromatic rings. The minimum Gasteiger partial charge on any atom is -0.473 e. The van der Waals surface area contributed by atoms with E-state index in [9.17, 15) is 4.79 Å². The van der Waals surface area contributed by atoms with Crippen molar-refractivity contribution in [2.45, 2.75) is 18.9 Å². The summed E-state index contributed by atoms with van der Waals surface area (Å²) in [7, 11) is 4.02. The van der Waals surface area contributed by atoms with Crippen molar-refractivity contribution >= 4 is 22.6 Å². The molecule has 2 aromatic heterocycles. The topological polar surface area (TPSA) is 80.7 Å². The average Bonchev–Trinajstić information content (AvgIpc) is 3.68. The van der Waals surface area contributed by atoms with Gasteiger partial charge in [0.05, 0.1) is 24.4 Å². The Kier molecular flexibility index (Phi) is 5.61. The fourth-order valence-corrected chi connectivity index (χ4v) is 3.90. The molecule has 1 aromatic carbocycles. The molecule has 1 atom stereocenters. The standard InChI is InChI=1S/C24H27N5O3/c1-28(2)18-7-5-16(6-8-18)20-13-21-22(26-10-9-25-21)23(27-20)32-15-19-14-29(11-12-31-19)24(30)17-3-4-17/h5-10,13,17,19H,3-4,11-12,14-15H2,1-2H3/t19-/m0/s1. The number of pyridine rings is 1.